The number of H-pyrrole nitrogens is 1. The summed E-state index contributed by atoms with van der Waals surface area (Å²) in [6.07, 6.45) is 3.15. The number of aromatic amines is 1. The average molecular weight is 264 g/mol. The van der Waals surface area contributed by atoms with E-state index in [-0.39, 0.29) is 5.56 Å². The summed E-state index contributed by atoms with van der Waals surface area (Å²) in [5.74, 6) is 0. The number of benzene rings is 2. The minimum absolute atomic E-state index is 0.0370. The summed E-state index contributed by atoms with van der Waals surface area (Å²) in [5.41, 5.74) is 2.52. The minimum atomic E-state index is -0.0370. The molecule has 0 atom stereocenters. The molecule has 0 spiro atoms. The molecule has 0 aliphatic heterocycles. The molecule has 20 heavy (non-hydrogen) atoms. The topological polar surface area (TPSA) is 45.8 Å². The summed E-state index contributed by atoms with van der Waals surface area (Å²) in [6, 6.07) is 14.4. The molecule has 3 aromatic rings. The Kier molecular flexibility index (Phi) is 3.33. The fourth-order valence-electron chi connectivity index (χ4n) is 2.50. The fourth-order valence-corrected chi connectivity index (χ4v) is 2.50. The Morgan fingerprint density at radius 2 is 1.90 bits per heavy atom. The summed E-state index contributed by atoms with van der Waals surface area (Å²) in [7, 11) is 0. The van der Waals surface area contributed by atoms with E-state index in [1.54, 1.807) is 0 Å². The quantitative estimate of drug-likeness (QED) is 0.786. The van der Waals surface area contributed by atoms with Gasteiger partial charge < -0.3 is 4.98 Å². The molecule has 0 aliphatic carbocycles. The maximum absolute atomic E-state index is 12.0. The van der Waals surface area contributed by atoms with E-state index in [4.69, 9.17) is 0 Å². The van der Waals surface area contributed by atoms with Crippen molar-refractivity contribution in [3.8, 4) is 11.3 Å². The number of aromatic nitrogens is 2. The Morgan fingerprint density at radius 3 is 2.70 bits per heavy atom. The molecule has 0 saturated carbocycles. The molecule has 3 heteroatoms. The highest BCUT2D eigenvalue weighted by atomic mass is 16.1. The maximum atomic E-state index is 12.0. The third-order valence-electron chi connectivity index (χ3n) is 3.47. The molecule has 1 N–H and O–H groups in total. The van der Waals surface area contributed by atoms with E-state index in [2.05, 4.69) is 41.2 Å². The second-order valence-corrected chi connectivity index (χ2v) is 4.87. The molecule has 0 bridgehead atoms. The molecule has 0 unspecified atom stereocenters. The number of hydrogen-bond donors (Lipinski definition) is 1. The highest BCUT2D eigenvalue weighted by molar-refractivity contribution is 5.87. The molecule has 2 aromatic carbocycles. The van der Waals surface area contributed by atoms with Gasteiger partial charge in [0.25, 0.3) is 5.56 Å². The van der Waals surface area contributed by atoms with Crippen LogP contribution in [0.5, 0.6) is 0 Å². The van der Waals surface area contributed by atoms with Gasteiger partial charge in [-0.05, 0) is 23.3 Å². The summed E-state index contributed by atoms with van der Waals surface area (Å²) < 4.78 is 0. The molecule has 3 rings (SSSR count). The number of nitrogens with zero attached hydrogens (tertiary/aromatic N) is 1. The lowest BCUT2D eigenvalue weighted by Crippen LogP contribution is -2.14. The first kappa shape index (κ1) is 12.6. The van der Waals surface area contributed by atoms with Crippen LogP contribution >= 0.6 is 0 Å². The lowest BCUT2D eigenvalue weighted by molar-refractivity contribution is 0.888. The monoisotopic (exact) mass is 264 g/mol. The molecular weight excluding hydrogens is 248 g/mol. The fraction of sp³-hybridized carbons (Fsp3) is 0.176. The van der Waals surface area contributed by atoms with Gasteiger partial charge in [-0.1, -0.05) is 49.7 Å². The largest absolute Gasteiger partial charge is 0.313 e. The van der Waals surface area contributed by atoms with Crippen molar-refractivity contribution < 1.29 is 0 Å². The van der Waals surface area contributed by atoms with Crippen molar-refractivity contribution >= 4 is 10.8 Å². The normalized spacial score (nSPS) is 10.8. The van der Waals surface area contributed by atoms with Gasteiger partial charge in [-0.25, -0.2) is 4.98 Å². The van der Waals surface area contributed by atoms with Crippen molar-refractivity contribution in [2.75, 3.05) is 0 Å². The van der Waals surface area contributed by atoms with Crippen molar-refractivity contribution in [1.82, 2.24) is 9.97 Å². The summed E-state index contributed by atoms with van der Waals surface area (Å²) in [6.45, 7) is 2.07. The Bertz CT molecular complexity index is 805. The maximum Gasteiger partial charge on any atom is 0.254 e. The zero-order valence-electron chi connectivity index (χ0n) is 11.4. The van der Waals surface area contributed by atoms with Crippen LogP contribution in [-0.4, -0.2) is 9.97 Å². The molecule has 100 valence electrons. The van der Waals surface area contributed by atoms with Crippen molar-refractivity contribution in [3.05, 3.63) is 64.7 Å². The Labute approximate surface area is 117 Å². The van der Waals surface area contributed by atoms with Gasteiger partial charge >= 0.3 is 0 Å². The molecule has 0 amide bonds. The van der Waals surface area contributed by atoms with Crippen LogP contribution in [0, 0.1) is 0 Å². The number of rotatable bonds is 3. The van der Waals surface area contributed by atoms with Crippen LogP contribution < -0.4 is 5.56 Å². The highest BCUT2D eigenvalue weighted by Gasteiger charge is 2.10. The summed E-state index contributed by atoms with van der Waals surface area (Å²) >= 11 is 0. The van der Waals surface area contributed by atoms with Gasteiger partial charge in [-0.15, -0.1) is 0 Å². The Morgan fingerprint density at radius 1 is 1.10 bits per heavy atom. The third kappa shape index (κ3) is 2.23. The molecule has 0 radical (unpaired) electrons. The zero-order chi connectivity index (χ0) is 13.9. The van der Waals surface area contributed by atoms with Crippen LogP contribution in [0.3, 0.4) is 0 Å². The van der Waals surface area contributed by atoms with E-state index in [1.807, 2.05) is 18.2 Å². The number of nitrogens with one attached hydrogen (secondary N) is 1. The van der Waals surface area contributed by atoms with Crippen LogP contribution in [0.4, 0.5) is 0 Å². The number of fused-ring (bicyclic) bond motifs is 1. The van der Waals surface area contributed by atoms with Crippen molar-refractivity contribution in [1.29, 1.82) is 0 Å². The summed E-state index contributed by atoms with van der Waals surface area (Å²) in [5, 5.41) is 2.35. The molecular formula is C17H16N2O. The average Bonchev–Trinajstić information content (AvgIpc) is 2.49. The van der Waals surface area contributed by atoms with Crippen LogP contribution in [0.1, 0.15) is 18.9 Å². The van der Waals surface area contributed by atoms with Crippen molar-refractivity contribution in [2.24, 2.45) is 0 Å². The lowest BCUT2D eigenvalue weighted by Gasteiger charge is -2.07. The van der Waals surface area contributed by atoms with Crippen LogP contribution in [0.2, 0.25) is 0 Å². The van der Waals surface area contributed by atoms with Crippen molar-refractivity contribution in [2.45, 2.75) is 19.8 Å². The first-order valence-electron chi connectivity index (χ1n) is 6.85. The second-order valence-electron chi connectivity index (χ2n) is 4.87. The second kappa shape index (κ2) is 5.29. The van der Waals surface area contributed by atoms with Gasteiger partial charge in [0, 0.05) is 11.1 Å². The van der Waals surface area contributed by atoms with E-state index in [1.165, 1.54) is 11.7 Å². The predicted octanol–water partition coefficient (Wildman–Crippen LogP) is 3.54. The summed E-state index contributed by atoms with van der Waals surface area (Å²) in [4.78, 5) is 19.0. The first-order chi connectivity index (χ1) is 9.79. The first-order valence-corrected chi connectivity index (χ1v) is 6.85. The number of hydrogen-bond acceptors (Lipinski definition) is 2. The van der Waals surface area contributed by atoms with Gasteiger partial charge in [0.05, 0.1) is 12.0 Å². The van der Waals surface area contributed by atoms with E-state index >= 15 is 0 Å². The predicted molar refractivity (Wildman–Crippen MR) is 81.8 cm³/mol. The van der Waals surface area contributed by atoms with Crippen LogP contribution in [0.25, 0.3) is 22.0 Å². The third-order valence-corrected chi connectivity index (χ3v) is 3.47. The Hall–Kier alpha value is -2.42. The SMILES string of the molecule is CCCc1c(-c2ccc3ccccc3c2)nc[nH]c1=O. The van der Waals surface area contributed by atoms with E-state index in [9.17, 15) is 4.79 Å². The van der Waals surface area contributed by atoms with Crippen molar-refractivity contribution in [3.63, 3.8) is 0 Å². The van der Waals surface area contributed by atoms with Gasteiger partial charge in [-0.3, -0.25) is 4.79 Å². The van der Waals surface area contributed by atoms with Gasteiger partial charge in [0.1, 0.15) is 0 Å². The smallest absolute Gasteiger partial charge is 0.254 e. The lowest BCUT2D eigenvalue weighted by atomic mass is 10.0. The van der Waals surface area contributed by atoms with Gasteiger partial charge in [0.2, 0.25) is 0 Å². The van der Waals surface area contributed by atoms with E-state index in [0.29, 0.717) is 0 Å². The highest BCUT2D eigenvalue weighted by Crippen LogP contribution is 2.24. The van der Waals surface area contributed by atoms with Gasteiger partial charge in [0.15, 0.2) is 0 Å². The van der Waals surface area contributed by atoms with E-state index in [0.717, 1.165) is 35.0 Å². The molecule has 0 aliphatic rings. The van der Waals surface area contributed by atoms with Crippen LogP contribution in [0.15, 0.2) is 53.6 Å². The zero-order valence-corrected chi connectivity index (χ0v) is 11.4. The molecule has 0 saturated heterocycles. The Balaban J connectivity index is 2.20. The standard InChI is InChI=1S/C17H16N2O/c1-2-5-15-16(18-11-19-17(15)20)14-9-8-12-6-3-4-7-13(12)10-14/h3-4,6-11H,2,5H2,1H3,(H,18,19,20). The van der Waals surface area contributed by atoms with Crippen LogP contribution in [-0.2, 0) is 6.42 Å². The molecule has 1 heterocycles. The van der Waals surface area contributed by atoms with E-state index < -0.39 is 0 Å². The minimum Gasteiger partial charge on any atom is -0.313 e. The molecule has 3 nitrogen and oxygen atoms in total. The van der Waals surface area contributed by atoms with Gasteiger partial charge in [-0.2, -0.15) is 0 Å². The molecule has 1 aromatic heterocycles. The molecule has 0 fully saturated rings.